The van der Waals surface area contributed by atoms with E-state index in [4.69, 9.17) is 0 Å². The van der Waals surface area contributed by atoms with Gasteiger partial charge in [-0.1, -0.05) is 58.9 Å². The number of hydrogen-bond acceptors (Lipinski definition) is 2. The number of rotatable bonds is 4. The lowest BCUT2D eigenvalue weighted by Crippen LogP contribution is -2.41. The molecule has 0 radical (unpaired) electrons. The number of benzene rings is 1. The molecular weight excluding hydrogens is 258 g/mol. The molecule has 1 aromatic rings. The van der Waals surface area contributed by atoms with E-state index in [0.29, 0.717) is 12.6 Å². The Morgan fingerprint density at radius 2 is 1.95 bits per heavy atom. The van der Waals surface area contributed by atoms with Gasteiger partial charge in [-0.05, 0) is 41.2 Å². The Kier molecular flexibility index (Phi) is 4.79. The molecule has 1 aromatic carbocycles. The van der Waals surface area contributed by atoms with Crippen molar-refractivity contribution in [1.29, 1.82) is 0 Å². The Morgan fingerprint density at radius 1 is 1.29 bits per heavy atom. The van der Waals surface area contributed by atoms with Crippen LogP contribution in [-0.2, 0) is 6.42 Å². The van der Waals surface area contributed by atoms with E-state index in [9.17, 15) is 5.11 Å². The highest BCUT2D eigenvalue weighted by atomic mass is 16.3. The van der Waals surface area contributed by atoms with Gasteiger partial charge in [0, 0.05) is 12.6 Å². The molecule has 0 aromatic heterocycles. The molecule has 0 saturated heterocycles. The van der Waals surface area contributed by atoms with Crippen LogP contribution >= 0.6 is 0 Å². The van der Waals surface area contributed by atoms with Crippen LogP contribution in [0.5, 0.6) is 0 Å². The van der Waals surface area contributed by atoms with Crippen LogP contribution in [-0.4, -0.2) is 17.8 Å². The topological polar surface area (TPSA) is 32.3 Å². The number of aliphatic hydroxyl groups is 1. The Balaban J connectivity index is 2.07. The summed E-state index contributed by atoms with van der Waals surface area (Å²) in [5.41, 5.74) is 3.27. The predicted octanol–water partition coefficient (Wildman–Crippen LogP) is 4.09. The zero-order valence-electron chi connectivity index (χ0n) is 14.2. The number of aryl methyl sites for hydroxylation is 1. The summed E-state index contributed by atoms with van der Waals surface area (Å²) < 4.78 is 0. The molecule has 0 saturated carbocycles. The summed E-state index contributed by atoms with van der Waals surface area (Å²) in [7, 11) is 0. The van der Waals surface area contributed by atoms with Gasteiger partial charge in [-0.2, -0.15) is 0 Å². The van der Waals surface area contributed by atoms with Crippen LogP contribution in [0.2, 0.25) is 0 Å². The first kappa shape index (κ1) is 16.5. The molecule has 118 valence electrons. The van der Waals surface area contributed by atoms with Crippen molar-refractivity contribution in [3.8, 4) is 0 Å². The van der Waals surface area contributed by atoms with Gasteiger partial charge in [-0.25, -0.2) is 0 Å². The maximum atomic E-state index is 10.3. The average molecular weight is 289 g/mol. The second-order valence-corrected chi connectivity index (χ2v) is 8.45. The van der Waals surface area contributed by atoms with Gasteiger partial charge in [0.25, 0.3) is 0 Å². The van der Waals surface area contributed by atoms with Crippen LogP contribution in [0.1, 0.15) is 64.6 Å². The molecule has 1 aliphatic rings. The zero-order valence-corrected chi connectivity index (χ0v) is 14.2. The van der Waals surface area contributed by atoms with Crippen molar-refractivity contribution in [1.82, 2.24) is 5.32 Å². The number of hydrogen-bond donors (Lipinski definition) is 2. The predicted molar refractivity (Wildman–Crippen MR) is 89.4 cm³/mol. The van der Waals surface area contributed by atoms with E-state index in [1.807, 2.05) is 0 Å². The molecule has 0 heterocycles. The Bertz CT molecular complexity index is 473. The molecule has 0 amide bonds. The molecule has 1 aliphatic carbocycles. The summed E-state index contributed by atoms with van der Waals surface area (Å²) in [5, 5.41) is 13.9. The van der Waals surface area contributed by atoms with Crippen LogP contribution in [0.3, 0.4) is 0 Å². The van der Waals surface area contributed by atoms with Gasteiger partial charge in [-0.3, -0.25) is 0 Å². The fraction of sp³-hybridized carbons (Fsp3) is 0.684. The summed E-state index contributed by atoms with van der Waals surface area (Å²) in [6.45, 7) is 11.9. The summed E-state index contributed by atoms with van der Waals surface area (Å²) >= 11 is 0. The van der Waals surface area contributed by atoms with E-state index in [1.54, 1.807) is 0 Å². The smallest absolute Gasteiger partial charge is 0.0669 e. The van der Waals surface area contributed by atoms with E-state index in [0.717, 1.165) is 12.8 Å². The molecule has 2 rings (SSSR count). The molecule has 0 spiro atoms. The van der Waals surface area contributed by atoms with Crippen LogP contribution in [0.15, 0.2) is 24.3 Å². The Labute approximate surface area is 130 Å². The second kappa shape index (κ2) is 6.10. The SMILES string of the molecule is CC(C)(C)CC(O)CNC1c2ccccc2CCC1(C)C. The van der Waals surface area contributed by atoms with E-state index >= 15 is 0 Å². The minimum absolute atomic E-state index is 0.168. The normalized spacial score (nSPS) is 22.7. The fourth-order valence-corrected chi connectivity index (χ4v) is 3.48. The van der Waals surface area contributed by atoms with Crippen molar-refractivity contribution in [2.45, 2.75) is 66.0 Å². The van der Waals surface area contributed by atoms with Gasteiger partial charge in [0.15, 0.2) is 0 Å². The maximum Gasteiger partial charge on any atom is 0.0669 e. The molecule has 2 N–H and O–H groups in total. The molecule has 2 heteroatoms. The van der Waals surface area contributed by atoms with Crippen molar-refractivity contribution < 1.29 is 5.11 Å². The van der Waals surface area contributed by atoms with Crippen molar-refractivity contribution in [2.75, 3.05) is 6.54 Å². The lowest BCUT2D eigenvalue weighted by molar-refractivity contribution is 0.104. The summed E-state index contributed by atoms with van der Waals surface area (Å²) in [6.07, 6.45) is 2.90. The quantitative estimate of drug-likeness (QED) is 0.875. The Morgan fingerprint density at radius 3 is 2.62 bits per heavy atom. The first-order valence-corrected chi connectivity index (χ1v) is 8.18. The third kappa shape index (κ3) is 4.31. The molecule has 2 unspecified atom stereocenters. The lowest BCUT2D eigenvalue weighted by atomic mass is 9.70. The molecule has 21 heavy (non-hydrogen) atoms. The Hall–Kier alpha value is -0.860. The third-order valence-electron chi connectivity index (χ3n) is 4.59. The fourth-order valence-electron chi connectivity index (χ4n) is 3.48. The van der Waals surface area contributed by atoms with E-state index < -0.39 is 0 Å². The van der Waals surface area contributed by atoms with Crippen molar-refractivity contribution in [2.24, 2.45) is 10.8 Å². The number of aliphatic hydroxyl groups excluding tert-OH is 1. The lowest BCUT2D eigenvalue weighted by Gasteiger charge is -2.41. The van der Waals surface area contributed by atoms with Crippen molar-refractivity contribution >= 4 is 0 Å². The number of fused-ring (bicyclic) bond motifs is 1. The highest BCUT2D eigenvalue weighted by Gasteiger charge is 2.35. The average Bonchev–Trinajstić information content (AvgIpc) is 2.35. The van der Waals surface area contributed by atoms with Gasteiger partial charge in [0.2, 0.25) is 0 Å². The highest BCUT2D eigenvalue weighted by molar-refractivity contribution is 5.34. The number of nitrogens with one attached hydrogen (secondary N) is 1. The maximum absolute atomic E-state index is 10.3. The third-order valence-corrected chi connectivity index (χ3v) is 4.59. The van der Waals surface area contributed by atoms with Gasteiger partial charge in [0.05, 0.1) is 6.10 Å². The first-order chi connectivity index (χ1) is 9.69. The van der Waals surface area contributed by atoms with E-state index in [1.165, 1.54) is 17.5 Å². The van der Waals surface area contributed by atoms with Gasteiger partial charge >= 0.3 is 0 Å². The van der Waals surface area contributed by atoms with Gasteiger partial charge in [0.1, 0.15) is 0 Å². The molecule has 0 aliphatic heterocycles. The van der Waals surface area contributed by atoms with E-state index in [2.05, 4.69) is 64.2 Å². The zero-order chi connectivity index (χ0) is 15.7. The summed E-state index contributed by atoms with van der Waals surface area (Å²) in [4.78, 5) is 0. The monoisotopic (exact) mass is 289 g/mol. The van der Waals surface area contributed by atoms with Gasteiger partial charge in [-0.15, -0.1) is 0 Å². The molecule has 0 fully saturated rings. The standard InChI is InChI=1S/C19H31NO/c1-18(2,3)12-15(21)13-20-17-16-9-7-6-8-14(16)10-11-19(17,4)5/h6-9,15,17,20-21H,10-13H2,1-5H3. The molecule has 2 nitrogen and oxygen atoms in total. The van der Waals surface area contributed by atoms with Crippen LogP contribution in [0.25, 0.3) is 0 Å². The largest absolute Gasteiger partial charge is 0.392 e. The molecular formula is C19H31NO. The summed E-state index contributed by atoms with van der Waals surface area (Å²) in [5.74, 6) is 0. The van der Waals surface area contributed by atoms with E-state index in [-0.39, 0.29) is 16.9 Å². The molecule has 0 bridgehead atoms. The van der Waals surface area contributed by atoms with Crippen molar-refractivity contribution in [3.63, 3.8) is 0 Å². The minimum atomic E-state index is -0.283. The van der Waals surface area contributed by atoms with Gasteiger partial charge < -0.3 is 10.4 Å². The minimum Gasteiger partial charge on any atom is -0.392 e. The van der Waals surface area contributed by atoms with Crippen LogP contribution in [0, 0.1) is 10.8 Å². The van der Waals surface area contributed by atoms with Crippen molar-refractivity contribution in [3.05, 3.63) is 35.4 Å². The first-order valence-electron chi connectivity index (χ1n) is 8.18. The summed E-state index contributed by atoms with van der Waals surface area (Å²) in [6, 6.07) is 9.06. The molecule has 2 atom stereocenters. The van der Waals surface area contributed by atoms with Crippen LogP contribution < -0.4 is 5.32 Å². The highest BCUT2D eigenvalue weighted by Crippen LogP contribution is 2.43. The van der Waals surface area contributed by atoms with Crippen LogP contribution in [0.4, 0.5) is 0 Å². The second-order valence-electron chi connectivity index (χ2n) is 8.45.